The van der Waals surface area contributed by atoms with Crippen LogP contribution in [-0.4, -0.2) is 39.0 Å². The average molecular weight is 375 g/mol. The molecular formula is C18H25N5O2S. The van der Waals surface area contributed by atoms with E-state index in [1.54, 1.807) is 6.92 Å². The Morgan fingerprint density at radius 2 is 1.81 bits per heavy atom. The van der Waals surface area contributed by atoms with Gasteiger partial charge in [-0.25, -0.2) is 4.79 Å². The predicted octanol–water partition coefficient (Wildman–Crippen LogP) is 2.72. The molecule has 0 spiro atoms. The van der Waals surface area contributed by atoms with Gasteiger partial charge in [-0.15, -0.1) is 10.2 Å². The summed E-state index contributed by atoms with van der Waals surface area (Å²) in [5.74, 6) is 0.448. The molecule has 0 aliphatic rings. The molecule has 1 heterocycles. The summed E-state index contributed by atoms with van der Waals surface area (Å²) in [7, 11) is 1.86. The molecule has 0 saturated carbocycles. The molecule has 0 atom stereocenters. The van der Waals surface area contributed by atoms with Gasteiger partial charge in [-0.3, -0.25) is 10.1 Å². The standard InChI is InChI=1S/C18H25N5O2S/c1-6-19-16(25)20-14(24)11-26-17-22-21-15(23(17)5)12-7-9-13(10-8-12)18(2,3)4/h7-10H,6,11H2,1-5H3,(H2,19,20,24,25). The van der Waals surface area contributed by atoms with Crippen LogP contribution in [-0.2, 0) is 17.3 Å². The second kappa shape index (κ2) is 8.35. The van der Waals surface area contributed by atoms with Gasteiger partial charge in [0.25, 0.3) is 0 Å². The zero-order valence-electron chi connectivity index (χ0n) is 15.8. The Labute approximate surface area is 158 Å². The summed E-state index contributed by atoms with van der Waals surface area (Å²) < 4.78 is 1.84. The molecule has 2 rings (SSSR count). The fourth-order valence-corrected chi connectivity index (χ4v) is 3.02. The summed E-state index contributed by atoms with van der Waals surface area (Å²) in [4.78, 5) is 23.1. The quantitative estimate of drug-likeness (QED) is 0.785. The Kier molecular flexibility index (Phi) is 6.42. The van der Waals surface area contributed by atoms with Crippen LogP contribution in [0.5, 0.6) is 0 Å². The number of amides is 3. The number of benzene rings is 1. The Balaban J connectivity index is 2.03. The van der Waals surface area contributed by atoms with Gasteiger partial charge in [0.2, 0.25) is 5.91 Å². The fourth-order valence-electron chi connectivity index (χ4n) is 2.31. The van der Waals surface area contributed by atoms with Gasteiger partial charge in [-0.05, 0) is 17.9 Å². The highest BCUT2D eigenvalue weighted by molar-refractivity contribution is 7.99. The zero-order chi connectivity index (χ0) is 19.3. The first kappa shape index (κ1) is 20.0. The maximum Gasteiger partial charge on any atom is 0.321 e. The number of rotatable bonds is 5. The minimum absolute atomic E-state index is 0.0894. The second-order valence-electron chi connectivity index (χ2n) is 6.89. The van der Waals surface area contributed by atoms with Gasteiger partial charge < -0.3 is 9.88 Å². The molecule has 1 aromatic heterocycles. The smallest absolute Gasteiger partial charge is 0.321 e. The molecule has 8 heteroatoms. The minimum atomic E-state index is -0.490. The van der Waals surface area contributed by atoms with E-state index in [0.29, 0.717) is 11.7 Å². The first-order valence-corrected chi connectivity index (χ1v) is 9.41. The number of urea groups is 1. The Hall–Kier alpha value is -2.35. The number of thioether (sulfide) groups is 1. The lowest BCUT2D eigenvalue weighted by Crippen LogP contribution is -2.40. The first-order chi connectivity index (χ1) is 12.2. The Morgan fingerprint density at radius 1 is 1.15 bits per heavy atom. The highest BCUT2D eigenvalue weighted by atomic mass is 32.2. The summed E-state index contributed by atoms with van der Waals surface area (Å²) >= 11 is 1.24. The minimum Gasteiger partial charge on any atom is -0.338 e. The summed E-state index contributed by atoms with van der Waals surface area (Å²) in [6.45, 7) is 8.77. The maximum atomic E-state index is 11.8. The lowest BCUT2D eigenvalue weighted by Gasteiger charge is -2.19. The third-order valence-electron chi connectivity index (χ3n) is 3.77. The molecule has 0 bridgehead atoms. The molecule has 0 radical (unpaired) electrons. The summed E-state index contributed by atoms with van der Waals surface area (Å²) in [6.07, 6.45) is 0. The van der Waals surface area contributed by atoms with Gasteiger partial charge in [0, 0.05) is 19.2 Å². The SMILES string of the molecule is CCNC(=O)NC(=O)CSc1nnc(-c2ccc(C(C)(C)C)cc2)n1C. The fraction of sp³-hybridized carbons (Fsp3) is 0.444. The third kappa shape index (κ3) is 5.08. The van der Waals surface area contributed by atoms with E-state index < -0.39 is 6.03 Å². The highest BCUT2D eigenvalue weighted by Crippen LogP contribution is 2.26. The van der Waals surface area contributed by atoms with Crippen molar-refractivity contribution in [2.24, 2.45) is 7.05 Å². The maximum absolute atomic E-state index is 11.8. The van der Waals surface area contributed by atoms with E-state index in [2.05, 4.69) is 53.7 Å². The van der Waals surface area contributed by atoms with Crippen LogP contribution in [0.1, 0.15) is 33.3 Å². The van der Waals surface area contributed by atoms with Crippen LogP contribution < -0.4 is 10.6 Å². The lowest BCUT2D eigenvalue weighted by atomic mass is 9.87. The molecule has 2 aromatic rings. The number of carbonyl (C=O) groups excluding carboxylic acids is 2. The van der Waals surface area contributed by atoms with E-state index >= 15 is 0 Å². The van der Waals surface area contributed by atoms with Crippen molar-refractivity contribution in [3.05, 3.63) is 29.8 Å². The molecule has 0 aliphatic heterocycles. The van der Waals surface area contributed by atoms with E-state index in [0.717, 1.165) is 11.4 Å². The Morgan fingerprint density at radius 3 is 2.38 bits per heavy atom. The van der Waals surface area contributed by atoms with Crippen LogP contribution >= 0.6 is 11.8 Å². The number of imide groups is 1. The molecule has 7 nitrogen and oxygen atoms in total. The van der Waals surface area contributed by atoms with Crippen LogP contribution in [0.2, 0.25) is 0 Å². The van der Waals surface area contributed by atoms with Crippen LogP contribution in [0.25, 0.3) is 11.4 Å². The third-order valence-corrected chi connectivity index (χ3v) is 4.79. The largest absolute Gasteiger partial charge is 0.338 e. The lowest BCUT2D eigenvalue weighted by molar-refractivity contribution is -0.117. The summed E-state index contributed by atoms with van der Waals surface area (Å²) in [5, 5.41) is 13.8. The molecule has 0 unspecified atom stereocenters. The molecule has 1 aromatic carbocycles. The van der Waals surface area contributed by atoms with Crippen LogP contribution in [0.4, 0.5) is 4.79 Å². The number of nitrogens with zero attached hydrogens (tertiary/aromatic N) is 3. The van der Waals surface area contributed by atoms with Crippen molar-refractivity contribution in [3.8, 4) is 11.4 Å². The van der Waals surface area contributed by atoms with Gasteiger partial charge in [0.15, 0.2) is 11.0 Å². The molecule has 0 fully saturated rings. The normalized spacial score (nSPS) is 11.3. The van der Waals surface area contributed by atoms with Crippen molar-refractivity contribution in [1.82, 2.24) is 25.4 Å². The number of hydrogen-bond acceptors (Lipinski definition) is 5. The van der Waals surface area contributed by atoms with Crippen LogP contribution in [0.15, 0.2) is 29.4 Å². The van der Waals surface area contributed by atoms with E-state index in [9.17, 15) is 9.59 Å². The highest BCUT2D eigenvalue weighted by Gasteiger charge is 2.16. The van der Waals surface area contributed by atoms with Crippen LogP contribution in [0.3, 0.4) is 0 Å². The average Bonchev–Trinajstić information content (AvgIpc) is 2.93. The predicted molar refractivity (Wildman–Crippen MR) is 103 cm³/mol. The van der Waals surface area contributed by atoms with Gasteiger partial charge >= 0.3 is 6.03 Å². The molecular weight excluding hydrogens is 350 g/mol. The van der Waals surface area contributed by atoms with E-state index in [-0.39, 0.29) is 17.1 Å². The second-order valence-corrected chi connectivity index (χ2v) is 7.83. The molecule has 140 valence electrons. The molecule has 0 aliphatic carbocycles. The number of hydrogen-bond donors (Lipinski definition) is 2. The zero-order valence-corrected chi connectivity index (χ0v) is 16.6. The molecule has 2 N–H and O–H groups in total. The van der Waals surface area contributed by atoms with Gasteiger partial charge in [0.05, 0.1) is 5.75 Å². The van der Waals surface area contributed by atoms with Crippen molar-refractivity contribution in [2.45, 2.75) is 38.3 Å². The van der Waals surface area contributed by atoms with Gasteiger partial charge in [0.1, 0.15) is 0 Å². The van der Waals surface area contributed by atoms with E-state index in [1.165, 1.54) is 17.3 Å². The summed E-state index contributed by atoms with van der Waals surface area (Å²) in [5.41, 5.74) is 2.31. The van der Waals surface area contributed by atoms with Gasteiger partial charge in [-0.2, -0.15) is 0 Å². The molecule has 3 amide bonds. The number of nitrogens with one attached hydrogen (secondary N) is 2. The van der Waals surface area contributed by atoms with Crippen molar-refractivity contribution in [1.29, 1.82) is 0 Å². The van der Waals surface area contributed by atoms with Crippen molar-refractivity contribution in [2.75, 3.05) is 12.3 Å². The van der Waals surface area contributed by atoms with Crippen LogP contribution in [0, 0.1) is 0 Å². The monoisotopic (exact) mass is 375 g/mol. The van der Waals surface area contributed by atoms with E-state index in [4.69, 9.17) is 0 Å². The topological polar surface area (TPSA) is 88.9 Å². The van der Waals surface area contributed by atoms with Crippen molar-refractivity contribution in [3.63, 3.8) is 0 Å². The van der Waals surface area contributed by atoms with Gasteiger partial charge in [-0.1, -0.05) is 56.8 Å². The molecule has 0 saturated heterocycles. The van der Waals surface area contributed by atoms with Crippen molar-refractivity contribution >= 4 is 23.7 Å². The van der Waals surface area contributed by atoms with Crippen molar-refractivity contribution < 1.29 is 9.59 Å². The number of carbonyl (C=O) groups is 2. The Bertz CT molecular complexity index is 778. The number of aromatic nitrogens is 3. The summed E-state index contributed by atoms with van der Waals surface area (Å²) in [6, 6.07) is 7.75. The first-order valence-electron chi connectivity index (χ1n) is 8.43. The molecule has 26 heavy (non-hydrogen) atoms. The van der Waals surface area contributed by atoms with E-state index in [1.807, 2.05) is 23.7 Å².